The van der Waals surface area contributed by atoms with Gasteiger partial charge in [0.2, 0.25) is 5.79 Å². The van der Waals surface area contributed by atoms with Gasteiger partial charge in [-0.05, 0) is 58.1 Å². The van der Waals surface area contributed by atoms with E-state index in [0.29, 0.717) is 37.1 Å². The van der Waals surface area contributed by atoms with E-state index in [1.807, 2.05) is 45.9 Å². The van der Waals surface area contributed by atoms with E-state index in [-0.39, 0.29) is 6.04 Å². The standard InChI is InChI=1S/C29H35N5O5S/c1-19-6-7-20-16-21(8-9-22(20)32-19)23-17-31-25(33-23)24(34-27(35)39-28(2,3)4)18-40-15-5-10-29(37-13-14-38-29)26-30-11-12-36-26/h6-9,11-12,16-17,24H,5,10,13-15,18H2,1-4H3,(H,31,33)(H,34,35)/t24-/m0/s1. The summed E-state index contributed by atoms with van der Waals surface area (Å²) in [7, 11) is 0. The van der Waals surface area contributed by atoms with Crippen LogP contribution in [0.1, 0.15) is 57.1 Å². The van der Waals surface area contributed by atoms with Crippen molar-refractivity contribution < 1.29 is 23.4 Å². The average Bonchev–Trinajstić information content (AvgIpc) is 3.69. The Morgan fingerprint density at radius 3 is 2.77 bits per heavy atom. The highest BCUT2D eigenvalue weighted by molar-refractivity contribution is 7.99. The first-order valence-corrected chi connectivity index (χ1v) is 14.5. The maximum Gasteiger partial charge on any atom is 0.408 e. The van der Waals surface area contributed by atoms with Crippen molar-refractivity contribution in [3.63, 3.8) is 0 Å². The fourth-order valence-corrected chi connectivity index (χ4v) is 5.54. The van der Waals surface area contributed by atoms with Crippen LogP contribution in [0.25, 0.3) is 22.2 Å². The Hall–Kier alpha value is -3.41. The summed E-state index contributed by atoms with van der Waals surface area (Å²) in [4.78, 5) is 29.6. The Balaban J connectivity index is 1.25. The Morgan fingerprint density at radius 2 is 2.02 bits per heavy atom. The molecule has 40 heavy (non-hydrogen) atoms. The zero-order valence-electron chi connectivity index (χ0n) is 23.2. The van der Waals surface area contributed by atoms with E-state index >= 15 is 0 Å². The van der Waals surface area contributed by atoms with Gasteiger partial charge in [0.15, 0.2) is 0 Å². The smallest absolute Gasteiger partial charge is 0.408 e. The Bertz CT molecular complexity index is 1430. The number of ether oxygens (including phenoxy) is 3. The van der Waals surface area contributed by atoms with E-state index in [1.165, 1.54) is 6.26 Å². The maximum atomic E-state index is 12.7. The number of aromatic amines is 1. The molecule has 1 saturated heterocycles. The fraction of sp³-hybridized carbons (Fsp3) is 0.448. The lowest BCUT2D eigenvalue weighted by atomic mass is 10.1. The number of benzene rings is 1. The van der Waals surface area contributed by atoms with Crippen LogP contribution in [0.2, 0.25) is 0 Å². The molecule has 1 amide bonds. The summed E-state index contributed by atoms with van der Waals surface area (Å²) < 4.78 is 22.8. The average molecular weight is 566 g/mol. The van der Waals surface area contributed by atoms with Gasteiger partial charge in [-0.2, -0.15) is 11.8 Å². The van der Waals surface area contributed by atoms with Crippen LogP contribution >= 0.6 is 11.8 Å². The molecule has 1 aromatic carbocycles. The van der Waals surface area contributed by atoms with Crippen LogP contribution in [0.15, 0.2) is 53.4 Å². The number of oxazole rings is 1. The molecule has 0 spiro atoms. The molecule has 1 aliphatic heterocycles. The van der Waals surface area contributed by atoms with Crippen molar-refractivity contribution in [3.05, 3.63) is 66.4 Å². The number of carbonyl (C=O) groups excluding carboxylic acids is 1. The van der Waals surface area contributed by atoms with Crippen molar-refractivity contribution in [2.45, 2.75) is 58.0 Å². The number of aromatic nitrogens is 4. The summed E-state index contributed by atoms with van der Waals surface area (Å²) in [5.41, 5.74) is 3.18. The van der Waals surface area contributed by atoms with Crippen molar-refractivity contribution in [1.82, 2.24) is 25.3 Å². The number of hydrogen-bond donors (Lipinski definition) is 2. The van der Waals surface area contributed by atoms with E-state index in [0.717, 1.165) is 40.0 Å². The number of hydrogen-bond acceptors (Lipinski definition) is 9. The molecule has 0 saturated carbocycles. The van der Waals surface area contributed by atoms with E-state index in [4.69, 9.17) is 18.6 Å². The Labute approximate surface area is 237 Å². The van der Waals surface area contributed by atoms with Gasteiger partial charge in [-0.15, -0.1) is 0 Å². The molecule has 1 fully saturated rings. The molecule has 10 nitrogen and oxygen atoms in total. The number of imidazole rings is 1. The second-order valence-electron chi connectivity index (χ2n) is 10.7. The van der Waals surface area contributed by atoms with Crippen LogP contribution in [0, 0.1) is 6.92 Å². The molecule has 1 atom stereocenters. The molecule has 212 valence electrons. The molecule has 11 heteroatoms. The molecule has 0 aliphatic carbocycles. The van der Waals surface area contributed by atoms with Gasteiger partial charge in [-0.25, -0.2) is 14.8 Å². The second-order valence-corrected chi connectivity index (χ2v) is 11.9. The van der Waals surface area contributed by atoms with E-state index in [9.17, 15) is 4.79 Å². The van der Waals surface area contributed by atoms with Crippen molar-refractivity contribution >= 4 is 28.8 Å². The molecule has 0 radical (unpaired) electrons. The molecule has 2 N–H and O–H groups in total. The largest absolute Gasteiger partial charge is 0.444 e. The fourth-order valence-electron chi connectivity index (χ4n) is 4.54. The van der Waals surface area contributed by atoms with Gasteiger partial charge in [0.1, 0.15) is 17.7 Å². The third-order valence-electron chi connectivity index (χ3n) is 6.35. The quantitative estimate of drug-likeness (QED) is 0.226. The van der Waals surface area contributed by atoms with Crippen LogP contribution < -0.4 is 5.32 Å². The predicted molar refractivity (Wildman–Crippen MR) is 153 cm³/mol. The molecule has 4 aromatic rings. The number of nitrogens with zero attached hydrogens (tertiary/aromatic N) is 3. The van der Waals surface area contributed by atoms with Gasteiger partial charge < -0.3 is 28.9 Å². The third-order valence-corrected chi connectivity index (χ3v) is 7.49. The molecule has 0 bridgehead atoms. The van der Waals surface area contributed by atoms with Crippen LogP contribution in [0.5, 0.6) is 0 Å². The first-order valence-electron chi connectivity index (χ1n) is 13.4. The molecule has 0 unspecified atom stereocenters. The number of rotatable bonds is 10. The summed E-state index contributed by atoms with van der Waals surface area (Å²) in [6, 6.07) is 9.80. The molecular weight excluding hydrogens is 530 g/mol. The lowest BCUT2D eigenvalue weighted by molar-refractivity contribution is -0.186. The summed E-state index contributed by atoms with van der Waals surface area (Å²) in [5, 5.41) is 4.04. The second kappa shape index (κ2) is 12.0. The lowest BCUT2D eigenvalue weighted by Gasteiger charge is -2.24. The maximum absolute atomic E-state index is 12.7. The van der Waals surface area contributed by atoms with Gasteiger partial charge in [0, 0.05) is 28.8 Å². The molecule has 4 heterocycles. The summed E-state index contributed by atoms with van der Waals surface area (Å²) in [6.07, 6.45) is 5.85. The lowest BCUT2D eigenvalue weighted by Crippen LogP contribution is -2.36. The highest BCUT2D eigenvalue weighted by Crippen LogP contribution is 2.35. The molecule has 1 aliphatic rings. The minimum Gasteiger partial charge on any atom is -0.444 e. The van der Waals surface area contributed by atoms with Crippen LogP contribution in [-0.4, -0.2) is 56.3 Å². The number of H-pyrrole nitrogens is 1. The van der Waals surface area contributed by atoms with E-state index in [1.54, 1.807) is 24.2 Å². The highest BCUT2D eigenvalue weighted by atomic mass is 32.2. The number of carbonyl (C=O) groups is 1. The topological polar surface area (TPSA) is 124 Å². The minimum atomic E-state index is -0.928. The predicted octanol–water partition coefficient (Wildman–Crippen LogP) is 5.90. The first kappa shape index (κ1) is 28.1. The number of alkyl carbamates (subject to hydrolysis) is 1. The number of amides is 1. The number of fused-ring (bicyclic) bond motifs is 1. The zero-order chi connectivity index (χ0) is 28.2. The van der Waals surface area contributed by atoms with Crippen molar-refractivity contribution in [2.75, 3.05) is 24.7 Å². The van der Waals surface area contributed by atoms with Crippen LogP contribution in [0.4, 0.5) is 4.79 Å². The molecule has 5 rings (SSSR count). The normalized spacial score (nSPS) is 15.8. The number of pyridine rings is 1. The van der Waals surface area contributed by atoms with Crippen molar-refractivity contribution in [2.24, 2.45) is 0 Å². The summed E-state index contributed by atoms with van der Waals surface area (Å²) in [5.74, 6) is 1.59. The highest BCUT2D eigenvalue weighted by Gasteiger charge is 2.42. The van der Waals surface area contributed by atoms with Crippen molar-refractivity contribution in [1.29, 1.82) is 0 Å². The Morgan fingerprint density at radius 1 is 1.20 bits per heavy atom. The number of nitrogens with one attached hydrogen (secondary N) is 2. The first-order chi connectivity index (χ1) is 19.2. The zero-order valence-corrected chi connectivity index (χ0v) is 24.0. The van der Waals surface area contributed by atoms with Crippen molar-refractivity contribution in [3.8, 4) is 11.3 Å². The Kier molecular flexibility index (Phi) is 8.43. The minimum absolute atomic E-state index is 0.377. The summed E-state index contributed by atoms with van der Waals surface area (Å²) >= 11 is 1.70. The third kappa shape index (κ3) is 6.83. The van der Waals surface area contributed by atoms with Gasteiger partial charge >= 0.3 is 6.09 Å². The summed E-state index contributed by atoms with van der Waals surface area (Å²) in [6.45, 7) is 8.52. The van der Waals surface area contributed by atoms with Gasteiger partial charge in [0.25, 0.3) is 5.89 Å². The van der Waals surface area contributed by atoms with Gasteiger partial charge in [-0.1, -0.05) is 12.1 Å². The van der Waals surface area contributed by atoms with E-state index < -0.39 is 17.5 Å². The monoisotopic (exact) mass is 565 g/mol. The van der Waals surface area contributed by atoms with Crippen LogP contribution in [-0.2, 0) is 20.0 Å². The SMILES string of the molecule is Cc1ccc2cc(-c3cnc([C@H](CSCCCC4(c5ncco5)OCCO4)NC(=O)OC(C)(C)C)[nH]3)ccc2n1. The van der Waals surface area contributed by atoms with Gasteiger partial charge in [-0.3, -0.25) is 4.98 Å². The number of thioether (sulfide) groups is 1. The number of aryl methyl sites for hydroxylation is 1. The van der Waals surface area contributed by atoms with E-state index in [2.05, 4.69) is 37.4 Å². The molecular formula is C29H35N5O5S. The van der Waals surface area contributed by atoms with Gasteiger partial charge in [0.05, 0.1) is 42.9 Å². The molecule has 3 aromatic heterocycles. The van der Waals surface area contributed by atoms with Crippen LogP contribution in [0.3, 0.4) is 0 Å².